The second-order valence-electron chi connectivity index (χ2n) is 3.70. The molecule has 0 unspecified atom stereocenters. The highest BCUT2D eigenvalue weighted by atomic mass is 19.3. The zero-order valence-electron chi connectivity index (χ0n) is 8.93. The molecule has 1 aromatic rings. The van der Waals surface area contributed by atoms with Gasteiger partial charge in [-0.3, -0.25) is 0 Å². The third-order valence-corrected chi connectivity index (χ3v) is 2.17. The van der Waals surface area contributed by atoms with E-state index in [0.717, 1.165) is 5.56 Å². The Bertz CT molecular complexity index is 355. The van der Waals surface area contributed by atoms with Gasteiger partial charge in [0.1, 0.15) is 12.4 Å². The van der Waals surface area contributed by atoms with E-state index in [0.29, 0.717) is 5.56 Å². The Morgan fingerprint density at radius 2 is 2.06 bits per heavy atom. The number of rotatable bonds is 5. The second-order valence-corrected chi connectivity index (χ2v) is 3.70. The first-order valence-electron chi connectivity index (χ1n) is 4.89. The zero-order valence-corrected chi connectivity index (χ0v) is 8.93. The molecule has 1 rings (SSSR count). The predicted molar refractivity (Wildman–Crippen MR) is 54.9 cm³/mol. The highest BCUT2D eigenvalue weighted by Gasteiger charge is 2.26. The monoisotopic (exact) mass is 233 g/mol. The van der Waals surface area contributed by atoms with Gasteiger partial charge in [0.2, 0.25) is 0 Å². The maximum absolute atomic E-state index is 12.9. The number of hydrogen-bond acceptors (Lipinski definition) is 2. The Morgan fingerprint density at radius 3 is 2.62 bits per heavy atom. The lowest BCUT2D eigenvalue weighted by molar-refractivity contribution is -0.0477. The first kappa shape index (κ1) is 13.0. The molecule has 2 N–H and O–H groups in total. The largest absolute Gasteiger partial charge is 0.390 e. The molecule has 5 heteroatoms. The van der Waals surface area contributed by atoms with Gasteiger partial charge < -0.3 is 10.4 Å². The van der Waals surface area contributed by atoms with Crippen molar-refractivity contribution in [1.82, 2.24) is 5.32 Å². The molecule has 2 nitrogen and oxygen atoms in total. The fraction of sp³-hybridized carbons (Fsp3) is 0.455. The van der Waals surface area contributed by atoms with Crippen molar-refractivity contribution in [2.24, 2.45) is 0 Å². The molecule has 0 heterocycles. The topological polar surface area (TPSA) is 32.3 Å². The lowest BCUT2D eigenvalue weighted by atomic mass is 10.1. The van der Waals surface area contributed by atoms with Crippen molar-refractivity contribution in [1.29, 1.82) is 0 Å². The van der Waals surface area contributed by atoms with Gasteiger partial charge in [0, 0.05) is 6.54 Å². The molecular weight excluding hydrogens is 219 g/mol. The standard InChI is InChI=1S/C11H14F3NO/c1-8-4-9(2-3-10(8)12)5-15-6-11(13,14)7-16/h2-4,15-16H,5-7H2,1H3. The number of benzene rings is 1. The summed E-state index contributed by atoms with van der Waals surface area (Å²) in [5.74, 6) is -3.43. The van der Waals surface area contributed by atoms with Crippen molar-refractivity contribution in [3.05, 3.63) is 35.1 Å². The van der Waals surface area contributed by atoms with Gasteiger partial charge >= 0.3 is 0 Å². The molecule has 0 bridgehead atoms. The molecule has 0 aliphatic heterocycles. The lowest BCUT2D eigenvalue weighted by Gasteiger charge is -2.14. The van der Waals surface area contributed by atoms with E-state index in [1.54, 1.807) is 13.0 Å². The third kappa shape index (κ3) is 3.83. The van der Waals surface area contributed by atoms with Crippen LogP contribution in [0, 0.1) is 12.7 Å². The average molecular weight is 233 g/mol. The van der Waals surface area contributed by atoms with Crippen molar-refractivity contribution in [3.8, 4) is 0 Å². The van der Waals surface area contributed by atoms with Gasteiger partial charge in [-0.1, -0.05) is 12.1 Å². The summed E-state index contributed by atoms with van der Waals surface area (Å²) >= 11 is 0. The van der Waals surface area contributed by atoms with Crippen molar-refractivity contribution in [2.45, 2.75) is 19.4 Å². The Kier molecular flexibility index (Phi) is 4.32. The van der Waals surface area contributed by atoms with Crippen molar-refractivity contribution in [2.75, 3.05) is 13.2 Å². The highest BCUT2D eigenvalue weighted by Crippen LogP contribution is 2.12. The Labute approximate surface area is 92.1 Å². The number of halogens is 3. The average Bonchev–Trinajstić information content (AvgIpc) is 2.23. The molecule has 1 aromatic carbocycles. The van der Waals surface area contributed by atoms with Gasteiger partial charge in [-0.05, 0) is 24.1 Å². The van der Waals surface area contributed by atoms with Crippen LogP contribution < -0.4 is 5.32 Å². The van der Waals surface area contributed by atoms with Crippen molar-refractivity contribution < 1.29 is 18.3 Å². The SMILES string of the molecule is Cc1cc(CNCC(F)(F)CO)ccc1F. The van der Waals surface area contributed by atoms with Crippen LogP contribution in [-0.4, -0.2) is 24.2 Å². The fourth-order valence-corrected chi connectivity index (χ4v) is 1.26. The van der Waals surface area contributed by atoms with E-state index in [9.17, 15) is 13.2 Å². The molecule has 0 saturated heterocycles. The van der Waals surface area contributed by atoms with E-state index >= 15 is 0 Å². The van der Waals surface area contributed by atoms with E-state index in [2.05, 4.69) is 5.32 Å². The highest BCUT2D eigenvalue weighted by molar-refractivity contribution is 5.23. The number of hydrogen-bond donors (Lipinski definition) is 2. The molecule has 0 spiro atoms. The molecule has 0 saturated carbocycles. The molecule has 16 heavy (non-hydrogen) atoms. The minimum Gasteiger partial charge on any atom is -0.390 e. The molecule has 0 fully saturated rings. The Hall–Kier alpha value is -1.07. The van der Waals surface area contributed by atoms with Gasteiger partial charge in [0.25, 0.3) is 5.92 Å². The lowest BCUT2D eigenvalue weighted by Crippen LogP contribution is -2.35. The Balaban J connectivity index is 2.46. The quantitative estimate of drug-likeness (QED) is 0.813. The fourth-order valence-electron chi connectivity index (χ4n) is 1.26. The molecule has 0 atom stereocenters. The van der Waals surface area contributed by atoms with Crippen LogP contribution in [0.1, 0.15) is 11.1 Å². The summed E-state index contributed by atoms with van der Waals surface area (Å²) in [4.78, 5) is 0. The van der Waals surface area contributed by atoms with Gasteiger partial charge in [-0.2, -0.15) is 0 Å². The smallest absolute Gasteiger partial charge is 0.282 e. The van der Waals surface area contributed by atoms with Crippen molar-refractivity contribution in [3.63, 3.8) is 0 Å². The number of alkyl halides is 2. The molecule has 0 aromatic heterocycles. The zero-order chi connectivity index (χ0) is 12.2. The summed E-state index contributed by atoms with van der Waals surface area (Å²) in [7, 11) is 0. The summed E-state index contributed by atoms with van der Waals surface area (Å²) in [6.07, 6.45) is 0. The van der Waals surface area contributed by atoms with Crippen LogP contribution >= 0.6 is 0 Å². The van der Waals surface area contributed by atoms with Crippen LogP contribution in [0.5, 0.6) is 0 Å². The normalized spacial score (nSPS) is 11.8. The van der Waals surface area contributed by atoms with E-state index in [1.807, 2.05) is 0 Å². The van der Waals surface area contributed by atoms with Crippen LogP contribution in [-0.2, 0) is 6.54 Å². The molecule has 0 aliphatic rings. The number of nitrogens with one attached hydrogen (secondary N) is 1. The summed E-state index contributed by atoms with van der Waals surface area (Å²) in [5, 5.41) is 10.8. The molecule has 0 aliphatic carbocycles. The van der Waals surface area contributed by atoms with Crippen LogP contribution in [0.3, 0.4) is 0 Å². The van der Waals surface area contributed by atoms with E-state index in [-0.39, 0.29) is 12.4 Å². The van der Waals surface area contributed by atoms with Gasteiger partial charge in [-0.15, -0.1) is 0 Å². The first-order valence-corrected chi connectivity index (χ1v) is 4.89. The van der Waals surface area contributed by atoms with Crippen LogP contribution in [0.4, 0.5) is 13.2 Å². The van der Waals surface area contributed by atoms with Gasteiger partial charge in [0.15, 0.2) is 0 Å². The second kappa shape index (κ2) is 5.32. The number of aryl methyl sites for hydroxylation is 1. The first-order chi connectivity index (χ1) is 7.44. The van der Waals surface area contributed by atoms with Crippen molar-refractivity contribution >= 4 is 0 Å². The van der Waals surface area contributed by atoms with E-state index in [4.69, 9.17) is 5.11 Å². The summed E-state index contributed by atoms with van der Waals surface area (Å²) < 4.78 is 38.1. The summed E-state index contributed by atoms with van der Waals surface area (Å²) in [5.41, 5.74) is 1.21. The number of aliphatic hydroxyl groups excluding tert-OH is 1. The molecular formula is C11H14F3NO. The minimum absolute atomic E-state index is 0.219. The third-order valence-electron chi connectivity index (χ3n) is 2.17. The van der Waals surface area contributed by atoms with Crippen LogP contribution in [0.15, 0.2) is 18.2 Å². The molecule has 0 amide bonds. The summed E-state index contributed by atoms with van der Waals surface area (Å²) in [6, 6.07) is 4.43. The Morgan fingerprint density at radius 1 is 1.38 bits per heavy atom. The van der Waals surface area contributed by atoms with E-state index < -0.39 is 19.1 Å². The minimum atomic E-state index is -3.12. The molecule has 90 valence electrons. The predicted octanol–water partition coefficient (Wildman–Crippen LogP) is 1.85. The van der Waals surface area contributed by atoms with Gasteiger partial charge in [0.05, 0.1) is 6.54 Å². The van der Waals surface area contributed by atoms with E-state index in [1.165, 1.54) is 12.1 Å². The van der Waals surface area contributed by atoms with Crippen LogP contribution in [0.2, 0.25) is 0 Å². The maximum Gasteiger partial charge on any atom is 0.282 e. The van der Waals surface area contributed by atoms with Gasteiger partial charge in [-0.25, -0.2) is 13.2 Å². The molecule has 0 radical (unpaired) electrons. The van der Waals surface area contributed by atoms with Crippen LogP contribution in [0.25, 0.3) is 0 Å². The summed E-state index contributed by atoms with van der Waals surface area (Å²) in [6.45, 7) is 0.0558. The number of aliphatic hydroxyl groups is 1. The maximum atomic E-state index is 12.9.